The van der Waals surface area contributed by atoms with Crippen molar-refractivity contribution < 1.29 is 4.74 Å². The van der Waals surface area contributed by atoms with E-state index in [4.69, 9.17) is 4.74 Å². The highest BCUT2D eigenvalue weighted by Crippen LogP contribution is 2.12. The average molecular weight is 348 g/mol. The van der Waals surface area contributed by atoms with Gasteiger partial charge < -0.3 is 19.9 Å². The number of nitrogens with one attached hydrogen (secondary N) is 1. The maximum absolute atomic E-state index is 5.85. The van der Waals surface area contributed by atoms with Crippen LogP contribution in [0.15, 0.2) is 24.3 Å². The number of piperidine rings is 1. The Bertz CT molecular complexity index is 439. The van der Waals surface area contributed by atoms with Gasteiger partial charge in [0.15, 0.2) is 0 Å². The molecule has 2 rings (SSSR count). The first kappa shape index (κ1) is 20.2. The third-order valence-corrected chi connectivity index (χ3v) is 5.09. The Morgan fingerprint density at radius 2 is 1.76 bits per heavy atom. The molecule has 0 spiro atoms. The summed E-state index contributed by atoms with van der Waals surface area (Å²) in [7, 11) is 0. The Labute approximate surface area is 154 Å². The zero-order chi connectivity index (χ0) is 17.7. The molecule has 25 heavy (non-hydrogen) atoms. The van der Waals surface area contributed by atoms with Crippen LogP contribution in [0, 0.1) is 0 Å². The van der Waals surface area contributed by atoms with E-state index in [1.54, 1.807) is 0 Å². The lowest BCUT2D eigenvalue weighted by atomic mass is 10.1. The number of benzene rings is 1. The molecule has 0 saturated carbocycles. The van der Waals surface area contributed by atoms with Crippen molar-refractivity contribution in [1.82, 2.24) is 15.1 Å². The van der Waals surface area contributed by atoms with Crippen LogP contribution in [0.2, 0.25) is 0 Å². The van der Waals surface area contributed by atoms with Crippen molar-refractivity contribution in [1.29, 1.82) is 0 Å². The Hall–Kier alpha value is -1.10. The van der Waals surface area contributed by atoms with Crippen LogP contribution in [0.4, 0.5) is 0 Å². The van der Waals surface area contributed by atoms with E-state index in [-0.39, 0.29) is 0 Å². The van der Waals surface area contributed by atoms with Crippen molar-refractivity contribution in [2.75, 3.05) is 52.4 Å². The molecule has 1 heterocycles. The number of nitrogens with zero attached hydrogens (tertiary/aromatic N) is 2. The zero-order valence-corrected chi connectivity index (χ0v) is 16.3. The Morgan fingerprint density at radius 3 is 2.44 bits per heavy atom. The molecule has 1 aliphatic rings. The standard InChI is InChI=1S/C21H37N3O/c1-3-23(4-2)16-8-18-25-21-11-9-20(10-12-21)19-22-13-17-24-14-6-5-7-15-24/h9-12,22H,3-8,13-19H2,1-2H3. The molecule has 4 nitrogen and oxygen atoms in total. The van der Waals surface area contributed by atoms with Gasteiger partial charge in [-0.3, -0.25) is 0 Å². The SMILES string of the molecule is CCN(CC)CCCOc1ccc(CNCCN2CCCCC2)cc1. The monoisotopic (exact) mass is 347 g/mol. The van der Waals surface area contributed by atoms with Gasteiger partial charge in [0.2, 0.25) is 0 Å². The van der Waals surface area contributed by atoms with Gasteiger partial charge in [-0.25, -0.2) is 0 Å². The van der Waals surface area contributed by atoms with Crippen LogP contribution in [0.5, 0.6) is 5.75 Å². The fourth-order valence-corrected chi connectivity index (χ4v) is 3.37. The lowest BCUT2D eigenvalue weighted by Gasteiger charge is -2.26. The first-order valence-electron chi connectivity index (χ1n) is 10.2. The van der Waals surface area contributed by atoms with Gasteiger partial charge in [-0.15, -0.1) is 0 Å². The molecule has 1 saturated heterocycles. The molecule has 0 aromatic heterocycles. The molecule has 0 amide bonds. The molecule has 1 aromatic carbocycles. The Balaban J connectivity index is 1.56. The summed E-state index contributed by atoms with van der Waals surface area (Å²) in [5.74, 6) is 0.983. The summed E-state index contributed by atoms with van der Waals surface area (Å²) in [5.41, 5.74) is 1.33. The summed E-state index contributed by atoms with van der Waals surface area (Å²) in [6.07, 6.45) is 5.24. The molecule has 1 fully saturated rings. The van der Waals surface area contributed by atoms with Crippen LogP contribution in [0.1, 0.15) is 45.1 Å². The van der Waals surface area contributed by atoms with Gasteiger partial charge in [-0.2, -0.15) is 0 Å². The summed E-state index contributed by atoms with van der Waals surface area (Å²) in [6.45, 7) is 14.3. The van der Waals surface area contributed by atoms with Crippen molar-refractivity contribution in [3.63, 3.8) is 0 Å². The van der Waals surface area contributed by atoms with Crippen molar-refractivity contribution in [3.05, 3.63) is 29.8 Å². The van der Waals surface area contributed by atoms with Crippen molar-refractivity contribution in [2.45, 2.75) is 46.1 Å². The summed E-state index contributed by atoms with van der Waals surface area (Å²) in [4.78, 5) is 5.01. The van der Waals surface area contributed by atoms with Crippen molar-refractivity contribution in [2.24, 2.45) is 0 Å². The number of hydrogen-bond acceptors (Lipinski definition) is 4. The van der Waals surface area contributed by atoms with Crippen LogP contribution in [-0.2, 0) is 6.54 Å². The molecule has 0 unspecified atom stereocenters. The first-order valence-corrected chi connectivity index (χ1v) is 10.2. The minimum absolute atomic E-state index is 0.796. The van der Waals surface area contributed by atoms with Crippen molar-refractivity contribution >= 4 is 0 Å². The molecule has 1 aromatic rings. The average Bonchev–Trinajstić information content (AvgIpc) is 2.67. The lowest BCUT2D eigenvalue weighted by Crippen LogP contribution is -2.35. The van der Waals surface area contributed by atoms with Crippen LogP contribution in [0.3, 0.4) is 0 Å². The molecule has 142 valence electrons. The quantitative estimate of drug-likeness (QED) is 0.587. The van der Waals surface area contributed by atoms with Crippen LogP contribution in [-0.4, -0.2) is 62.2 Å². The minimum atomic E-state index is 0.796. The van der Waals surface area contributed by atoms with Crippen molar-refractivity contribution in [3.8, 4) is 5.75 Å². The summed E-state index contributed by atoms with van der Waals surface area (Å²) < 4.78 is 5.85. The normalized spacial score (nSPS) is 15.6. The first-order chi connectivity index (χ1) is 12.3. The number of rotatable bonds is 12. The molecule has 1 N–H and O–H groups in total. The molecular weight excluding hydrogens is 310 g/mol. The van der Waals surface area contributed by atoms with Gasteiger partial charge >= 0.3 is 0 Å². The highest BCUT2D eigenvalue weighted by Gasteiger charge is 2.08. The van der Waals surface area contributed by atoms with E-state index in [1.807, 2.05) is 0 Å². The number of hydrogen-bond donors (Lipinski definition) is 1. The van der Waals surface area contributed by atoms with Gasteiger partial charge in [0.05, 0.1) is 6.61 Å². The minimum Gasteiger partial charge on any atom is -0.494 e. The zero-order valence-electron chi connectivity index (χ0n) is 16.3. The largest absolute Gasteiger partial charge is 0.494 e. The third kappa shape index (κ3) is 8.21. The molecular formula is C21H37N3O. The van der Waals surface area contributed by atoms with Crippen LogP contribution >= 0.6 is 0 Å². The van der Waals surface area contributed by atoms with Crippen LogP contribution in [0.25, 0.3) is 0 Å². The van der Waals surface area contributed by atoms with Crippen LogP contribution < -0.4 is 10.1 Å². The second kappa shape index (κ2) is 12.3. The second-order valence-corrected chi connectivity index (χ2v) is 6.95. The Morgan fingerprint density at radius 1 is 1.04 bits per heavy atom. The predicted molar refractivity (Wildman–Crippen MR) is 106 cm³/mol. The van der Waals surface area contributed by atoms with E-state index in [0.29, 0.717) is 0 Å². The Kier molecular flexibility index (Phi) is 9.93. The van der Waals surface area contributed by atoms with Gasteiger partial charge in [0.1, 0.15) is 5.75 Å². The highest BCUT2D eigenvalue weighted by molar-refractivity contribution is 5.27. The van der Waals surface area contributed by atoms with E-state index in [1.165, 1.54) is 44.5 Å². The molecule has 0 aliphatic carbocycles. The molecule has 0 atom stereocenters. The van der Waals surface area contributed by atoms with E-state index in [0.717, 1.165) is 51.5 Å². The molecule has 0 bridgehead atoms. The summed E-state index contributed by atoms with van der Waals surface area (Å²) >= 11 is 0. The predicted octanol–water partition coefficient (Wildman–Crippen LogP) is 3.37. The van der Waals surface area contributed by atoms with Gasteiger partial charge in [0, 0.05) is 26.2 Å². The highest BCUT2D eigenvalue weighted by atomic mass is 16.5. The lowest BCUT2D eigenvalue weighted by molar-refractivity contribution is 0.229. The fourth-order valence-electron chi connectivity index (χ4n) is 3.37. The third-order valence-electron chi connectivity index (χ3n) is 5.09. The van der Waals surface area contributed by atoms with E-state index in [9.17, 15) is 0 Å². The topological polar surface area (TPSA) is 27.7 Å². The number of ether oxygens (including phenoxy) is 1. The van der Waals surface area contributed by atoms with E-state index < -0.39 is 0 Å². The summed E-state index contributed by atoms with van der Waals surface area (Å²) in [5, 5.41) is 3.56. The molecule has 4 heteroatoms. The van der Waals surface area contributed by atoms with Gasteiger partial charge in [-0.1, -0.05) is 32.4 Å². The molecule has 1 aliphatic heterocycles. The molecule has 0 radical (unpaired) electrons. The van der Waals surface area contributed by atoms with E-state index >= 15 is 0 Å². The maximum atomic E-state index is 5.85. The van der Waals surface area contributed by atoms with E-state index in [2.05, 4.69) is 53.2 Å². The smallest absolute Gasteiger partial charge is 0.119 e. The summed E-state index contributed by atoms with van der Waals surface area (Å²) in [6, 6.07) is 8.54. The van der Waals surface area contributed by atoms with Gasteiger partial charge in [-0.05, 0) is 63.1 Å². The number of likely N-dealkylation sites (tertiary alicyclic amines) is 1. The maximum Gasteiger partial charge on any atom is 0.119 e. The fraction of sp³-hybridized carbons (Fsp3) is 0.714. The van der Waals surface area contributed by atoms with Gasteiger partial charge in [0.25, 0.3) is 0 Å². The second-order valence-electron chi connectivity index (χ2n) is 6.95.